The van der Waals surface area contributed by atoms with Gasteiger partial charge in [0.25, 0.3) is 5.91 Å². The van der Waals surface area contributed by atoms with Gasteiger partial charge in [-0.3, -0.25) is 9.48 Å². The summed E-state index contributed by atoms with van der Waals surface area (Å²) in [5.41, 5.74) is 1.02. The number of aliphatic hydroxyl groups excluding tert-OH is 1. The van der Waals surface area contributed by atoms with Crippen LogP contribution in [0.3, 0.4) is 0 Å². The Morgan fingerprint density at radius 1 is 1.21 bits per heavy atom. The van der Waals surface area contributed by atoms with Gasteiger partial charge in [-0.1, -0.05) is 17.7 Å². The molecular formula is C24H24ClF2N5O2. The van der Waals surface area contributed by atoms with Crippen molar-refractivity contribution in [1.82, 2.24) is 14.8 Å². The molecule has 1 aromatic carbocycles. The normalized spacial score (nSPS) is 20.2. The van der Waals surface area contributed by atoms with Crippen molar-refractivity contribution in [3.63, 3.8) is 0 Å². The highest BCUT2D eigenvalue weighted by atomic mass is 35.5. The van der Waals surface area contributed by atoms with Gasteiger partial charge in [-0.05, 0) is 31.9 Å². The minimum atomic E-state index is -0.652. The first-order valence-corrected chi connectivity index (χ1v) is 11.5. The maximum Gasteiger partial charge on any atom is 0.261 e. The molecule has 1 N–H and O–H groups in total. The molecule has 10 heteroatoms. The van der Waals surface area contributed by atoms with E-state index in [-0.39, 0.29) is 24.6 Å². The van der Waals surface area contributed by atoms with Gasteiger partial charge < -0.3 is 14.9 Å². The van der Waals surface area contributed by atoms with Crippen LogP contribution in [-0.4, -0.2) is 51.0 Å². The Balaban J connectivity index is 1.44. The fourth-order valence-electron chi connectivity index (χ4n) is 4.87. The van der Waals surface area contributed by atoms with E-state index in [1.54, 1.807) is 11.0 Å². The lowest BCUT2D eigenvalue weighted by atomic mass is 10.0. The summed E-state index contributed by atoms with van der Waals surface area (Å²) >= 11 is 6.45. The largest absolute Gasteiger partial charge is 0.394 e. The Labute approximate surface area is 200 Å². The van der Waals surface area contributed by atoms with Crippen molar-refractivity contribution in [1.29, 1.82) is 0 Å². The molecule has 2 aliphatic heterocycles. The maximum absolute atomic E-state index is 14.1. The number of hydrogen-bond donors (Lipinski definition) is 1. The van der Waals surface area contributed by atoms with Crippen LogP contribution in [0.5, 0.6) is 0 Å². The predicted molar refractivity (Wildman–Crippen MR) is 124 cm³/mol. The molecule has 178 valence electrons. The number of anilines is 2. The zero-order valence-electron chi connectivity index (χ0n) is 18.6. The molecule has 1 fully saturated rings. The van der Waals surface area contributed by atoms with E-state index in [2.05, 4.69) is 10.1 Å². The highest BCUT2D eigenvalue weighted by Crippen LogP contribution is 2.37. The van der Waals surface area contributed by atoms with Crippen LogP contribution in [0, 0.1) is 11.6 Å². The van der Waals surface area contributed by atoms with Gasteiger partial charge in [0.15, 0.2) is 0 Å². The van der Waals surface area contributed by atoms with E-state index in [0.717, 1.165) is 19.4 Å². The average molecular weight is 488 g/mol. The first kappa shape index (κ1) is 22.7. The molecule has 0 radical (unpaired) electrons. The molecule has 0 bridgehead atoms. The monoisotopic (exact) mass is 487 g/mol. The highest BCUT2D eigenvalue weighted by Gasteiger charge is 2.38. The number of aromatic nitrogens is 3. The summed E-state index contributed by atoms with van der Waals surface area (Å²) in [5, 5.41) is 14.5. The first-order chi connectivity index (χ1) is 16.3. The second kappa shape index (κ2) is 8.63. The highest BCUT2D eigenvalue weighted by molar-refractivity contribution is 6.34. The van der Waals surface area contributed by atoms with Crippen LogP contribution in [0.25, 0.3) is 0 Å². The van der Waals surface area contributed by atoms with E-state index in [1.165, 1.54) is 35.3 Å². The van der Waals surface area contributed by atoms with Gasteiger partial charge in [-0.15, -0.1) is 0 Å². The number of amides is 1. The third-order valence-corrected chi connectivity index (χ3v) is 7.13. The number of rotatable bonds is 5. The second-order valence-electron chi connectivity index (χ2n) is 8.97. The Kier molecular flexibility index (Phi) is 5.77. The first-order valence-electron chi connectivity index (χ1n) is 11.2. The summed E-state index contributed by atoms with van der Waals surface area (Å²) in [7, 11) is 0. The van der Waals surface area contributed by atoms with Crippen LogP contribution in [0.15, 0.2) is 36.7 Å². The molecule has 1 amide bonds. The molecule has 0 saturated carbocycles. The van der Waals surface area contributed by atoms with Crippen molar-refractivity contribution in [3.8, 4) is 0 Å². The van der Waals surface area contributed by atoms with Gasteiger partial charge in [-0.2, -0.15) is 5.10 Å². The van der Waals surface area contributed by atoms with Crippen molar-refractivity contribution in [3.05, 3.63) is 70.1 Å². The number of carbonyl (C=O) groups is 1. The maximum atomic E-state index is 14.1. The van der Waals surface area contributed by atoms with Crippen LogP contribution in [0.1, 0.15) is 41.4 Å². The van der Waals surface area contributed by atoms with Gasteiger partial charge in [0, 0.05) is 31.1 Å². The van der Waals surface area contributed by atoms with Crippen LogP contribution >= 0.6 is 11.6 Å². The van der Waals surface area contributed by atoms with Crippen LogP contribution in [0.2, 0.25) is 5.02 Å². The fourth-order valence-corrected chi connectivity index (χ4v) is 5.07. The molecular weight excluding hydrogens is 464 g/mol. The molecule has 7 nitrogen and oxygen atoms in total. The predicted octanol–water partition coefficient (Wildman–Crippen LogP) is 3.81. The standard InChI is InChI=1S/C24H24ClF2N5O2/c1-24(14-33)7-3-8-31(24)22-10-21(17(25)12-28-22)30-9-6-20-15(23(30)34)11-29-32(20)13-16-18(26)4-2-5-19(16)27/h2,4-5,10-12,33H,3,6-9,13-14H2,1H3/t24-/m0/s1. The van der Waals surface area contributed by atoms with Crippen molar-refractivity contribution in [2.45, 2.75) is 38.3 Å². The van der Waals surface area contributed by atoms with Crippen molar-refractivity contribution < 1.29 is 18.7 Å². The average Bonchev–Trinajstić information content (AvgIpc) is 3.42. The molecule has 0 aliphatic carbocycles. The third kappa shape index (κ3) is 3.73. The summed E-state index contributed by atoms with van der Waals surface area (Å²) < 4.78 is 29.7. The zero-order valence-corrected chi connectivity index (χ0v) is 19.4. The summed E-state index contributed by atoms with van der Waals surface area (Å²) in [4.78, 5) is 21.5. The number of nitrogens with zero attached hydrogens (tertiary/aromatic N) is 5. The molecule has 2 aliphatic rings. The molecule has 2 aromatic heterocycles. The van der Waals surface area contributed by atoms with Gasteiger partial charge in [0.05, 0.1) is 53.1 Å². The second-order valence-corrected chi connectivity index (χ2v) is 9.38. The summed E-state index contributed by atoms with van der Waals surface area (Å²) in [6.45, 7) is 2.97. The number of halogens is 3. The van der Waals surface area contributed by atoms with Crippen LogP contribution in [0.4, 0.5) is 20.3 Å². The number of hydrogen-bond acceptors (Lipinski definition) is 5. The molecule has 1 saturated heterocycles. The Morgan fingerprint density at radius 3 is 2.71 bits per heavy atom. The minimum Gasteiger partial charge on any atom is -0.394 e. The van der Waals surface area contributed by atoms with Gasteiger partial charge in [0.2, 0.25) is 0 Å². The van der Waals surface area contributed by atoms with E-state index in [0.29, 0.717) is 40.8 Å². The number of aliphatic hydroxyl groups is 1. The van der Waals surface area contributed by atoms with E-state index in [1.807, 2.05) is 11.8 Å². The summed E-state index contributed by atoms with van der Waals surface area (Å²) in [6.07, 6.45) is 5.18. The summed E-state index contributed by atoms with van der Waals surface area (Å²) in [5.74, 6) is -0.938. The minimum absolute atomic E-state index is 0.000429. The Bertz CT molecular complexity index is 1250. The smallest absolute Gasteiger partial charge is 0.261 e. The van der Waals surface area contributed by atoms with Gasteiger partial charge >= 0.3 is 0 Å². The van der Waals surface area contributed by atoms with Crippen LogP contribution < -0.4 is 9.80 Å². The van der Waals surface area contributed by atoms with Crippen molar-refractivity contribution >= 4 is 29.0 Å². The zero-order chi connectivity index (χ0) is 24.0. The molecule has 5 rings (SSSR count). The lowest BCUT2D eigenvalue weighted by Gasteiger charge is -2.35. The number of carbonyl (C=O) groups excluding carboxylic acids is 1. The quantitative estimate of drug-likeness (QED) is 0.592. The molecule has 1 atom stereocenters. The lowest BCUT2D eigenvalue weighted by molar-refractivity contribution is 0.0980. The summed E-state index contributed by atoms with van der Waals surface area (Å²) in [6, 6.07) is 5.49. The van der Waals surface area contributed by atoms with E-state index in [9.17, 15) is 18.7 Å². The third-order valence-electron chi connectivity index (χ3n) is 6.84. The van der Waals surface area contributed by atoms with Crippen LogP contribution in [-0.2, 0) is 13.0 Å². The lowest BCUT2D eigenvalue weighted by Crippen LogP contribution is -2.45. The molecule has 0 spiro atoms. The van der Waals surface area contributed by atoms with Crippen molar-refractivity contribution in [2.24, 2.45) is 0 Å². The van der Waals surface area contributed by atoms with Crippen molar-refractivity contribution in [2.75, 3.05) is 29.5 Å². The molecule has 0 unspecified atom stereocenters. The molecule has 34 heavy (non-hydrogen) atoms. The number of benzene rings is 1. The Morgan fingerprint density at radius 2 is 1.97 bits per heavy atom. The topological polar surface area (TPSA) is 74.5 Å². The van der Waals surface area contributed by atoms with Gasteiger partial charge in [0.1, 0.15) is 17.5 Å². The van der Waals surface area contributed by atoms with E-state index in [4.69, 9.17) is 11.6 Å². The fraction of sp³-hybridized carbons (Fsp3) is 0.375. The molecule has 3 aromatic rings. The van der Waals surface area contributed by atoms with E-state index < -0.39 is 17.2 Å². The van der Waals surface area contributed by atoms with Gasteiger partial charge in [-0.25, -0.2) is 13.8 Å². The van der Waals surface area contributed by atoms with E-state index >= 15 is 0 Å². The number of fused-ring (bicyclic) bond motifs is 1. The SMILES string of the molecule is C[C@@]1(CO)CCCN1c1cc(N2CCc3c(cnn3Cc3c(F)cccc3F)C2=O)c(Cl)cn1. The Hall–Kier alpha value is -3.04. The number of pyridine rings is 1. The molecule has 4 heterocycles.